The molecule has 0 bridgehead atoms. The van der Waals surface area contributed by atoms with E-state index in [-0.39, 0.29) is 18.0 Å². The third-order valence-corrected chi connectivity index (χ3v) is 2.67. The van der Waals surface area contributed by atoms with Gasteiger partial charge in [0.1, 0.15) is 6.04 Å². The summed E-state index contributed by atoms with van der Waals surface area (Å²) in [6.45, 7) is 6.02. The molecule has 16 heavy (non-hydrogen) atoms. The molecule has 1 heterocycles. The Morgan fingerprint density at radius 3 is 2.31 bits per heavy atom. The van der Waals surface area contributed by atoms with E-state index in [9.17, 15) is 4.79 Å². The van der Waals surface area contributed by atoms with Crippen LogP contribution in [0.5, 0.6) is 0 Å². The van der Waals surface area contributed by atoms with E-state index in [1.807, 2.05) is 31.5 Å². The Kier molecular flexibility index (Phi) is 4.89. The third kappa shape index (κ3) is 3.61. The molecule has 2 N–H and O–H groups in total. The minimum Gasteiger partial charge on any atom is -0.352 e. The van der Waals surface area contributed by atoms with Crippen LogP contribution in [0.1, 0.15) is 33.6 Å². The summed E-state index contributed by atoms with van der Waals surface area (Å²) in [4.78, 5) is 11.8. The van der Waals surface area contributed by atoms with Gasteiger partial charge in [0.25, 0.3) is 0 Å². The maximum Gasteiger partial charge on any atom is 0.244 e. The van der Waals surface area contributed by atoms with Crippen LogP contribution >= 0.6 is 0 Å². The summed E-state index contributed by atoms with van der Waals surface area (Å²) in [5.74, 6) is 0.0439. The molecule has 0 spiro atoms. The number of nitrogens with one attached hydrogen (secondary N) is 2. The molecule has 1 aromatic heterocycles. The largest absolute Gasteiger partial charge is 0.352 e. The Hall–Kier alpha value is -1.45. The third-order valence-electron chi connectivity index (χ3n) is 2.67. The zero-order valence-electron chi connectivity index (χ0n) is 10.2. The van der Waals surface area contributed by atoms with Crippen LogP contribution in [0.3, 0.4) is 0 Å². The average Bonchev–Trinajstić information content (AvgIpc) is 2.78. The highest BCUT2D eigenvalue weighted by atomic mass is 16.2. The highest BCUT2D eigenvalue weighted by molar-refractivity contribution is 5.82. The molecule has 0 aromatic carbocycles. The molecule has 1 amide bonds. The second-order valence-corrected chi connectivity index (χ2v) is 3.96. The first kappa shape index (κ1) is 12.6. The molecule has 0 fully saturated rings. The van der Waals surface area contributed by atoms with Gasteiger partial charge in [-0.15, -0.1) is 0 Å². The number of hydrogen-bond acceptors (Lipinski definition) is 2. The molecule has 90 valence electrons. The van der Waals surface area contributed by atoms with Crippen molar-refractivity contribution in [1.29, 1.82) is 0 Å². The van der Waals surface area contributed by atoms with Crippen LogP contribution in [-0.4, -0.2) is 22.7 Å². The number of aromatic nitrogens is 1. The first-order valence-corrected chi connectivity index (χ1v) is 5.87. The summed E-state index contributed by atoms with van der Waals surface area (Å²) in [5.41, 5.74) is 3.08. The van der Waals surface area contributed by atoms with Gasteiger partial charge in [-0.1, -0.05) is 13.8 Å². The second kappa shape index (κ2) is 6.20. The Balaban J connectivity index is 2.41. The molecule has 0 saturated carbocycles. The van der Waals surface area contributed by atoms with Crippen LogP contribution in [0.15, 0.2) is 24.5 Å². The summed E-state index contributed by atoms with van der Waals surface area (Å²) < 4.78 is 1.79. The standard InChI is InChI=1S/C12H21N3O/c1-4-11(5-2)13-12(16)10(3)14-15-8-6-7-9-15/h6-11,14H,4-5H2,1-3H3,(H,13,16). The number of hydrogen-bond donors (Lipinski definition) is 2. The fourth-order valence-corrected chi connectivity index (χ4v) is 1.52. The SMILES string of the molecule is CCC(CC)NC(=O)C(C)Nn1cccc1. The van der Waals surface area contributed by atoms with E-state index < -0.39 is 0 Å². The lowest BCUT2D eigenvalue weighted by Crippen LogP contribution is -2.44. The molecule has 0 radical (unpaired) electrons. The number of amides is 1. The number of carbonyl (C=O) groups excluding carboxylic acids is 1. The maximum atomic E-state index is 11.8. The van der Waals surface area contributed by atoms with Gasteiger partial charge in [0, 0.05) is 18.4 Å². The maximum absolute atomic E-state index is 11.8. The minimum absolute atomic E-state index is 0.0439. The Bertz CT molecular complexity index is 304. The van der Waals surface area contributed by atoms with Gasteiger partial charge >= 0.3 is 0 Å². The molecule has 0 aliphatic carbocycles. The van der Waals surface area contributed by atoms with Crippen LogP contribution < -0.4 is 10.7 Å². The second-order valence-electron chi connectivity index (χ2n) is 3.96. The van der Waals surface area contributed by atoms with E-state index in [1.165, 1.54) is 0 Å². The van der Waals surface area contributed by atoms with E-state index in [0.717, 1.165) is 12.8 Å². The van der Waals surface area contributed by atoms with E-state index >= 15 is 0 Å². The summed E-state index contributed by atoms with van der Waals surface area (Å²) >= 11 is 0. The summed E-state index contributed by atoms with van der Waals surface area (Å²) in [5, 5.41) is 3.01. The van der Waals surface area contributed by atoms with Gasteiger partial charge in [-0.3, -0.25) is 9.47 Å². The van der Waals surface area contributed by atoms with E-state index in [0.29, 0.717) is 0 Å². The topological polar surface area (TPSA) is 46.1 Å². The molecule has 1 rings (SSSR count). The minimum atomic E-state index is -0.229. The van der Waals surface area contributed by atoms with Crippen molar-refractivity contribution in [2.75, 3.05) is 5.43 Å². The van der Waals surface area contributed by atoms with Crippen molar-refractivity contribution in [3.63, 3.8) is 0 Å². The van der Waals surface area contributed by atoms with Gasteiger partial charge in [-0.25, -0.2) is 0 Å². The lowest BCUT2D eigenvalue weighted by atomic mass is 10.1. The van der Waals surface area contributed by atoms with Crippen molar-refractivity contribution in [2.24, 2.45) is 0 Å². The van der Waals surface area contributed by atoms with Crippen LogP contribution in [0.4, 0.5) is 0 Å². The van der Waals surface area contributed by atoms with Crippen LogP contribution in [-0.2, 0) is 4.79 Å². The molecule has 1 unspecified atom stereocenters. The van der Waals surface area contributed by atoms with Crippen molar-refractivity contribution in [3.05, 3.63) is 24.5 Å². The quantitative estimate of drug-likeness (QED) is 0.771. The fourth-order valence-electron chi connectivity index (χ4n) is 1.52. The fraction of sp³-hybridized carbons (Fsp3) is 0.583. The summed E-state index contributed by atoms with van der Waals surface area (Å²) in [7, 11) is 0. The molecule has 4 heteroatoms. The van der Waals surface area contributed by atoms with E-state index in [4.69, 9.17) is 0 Å². The van der Waals surface area contributed by atoms with Crippen LogP contribution in [0.2, 0.25) is 0 Å². The Morgan fingerprint density at radius 1 is 1.25 bits per heavy atom. The van der Waals surface area contributed by atoms with Crippen molar-refractivity contribution < 1.29 is 4.79 Å². The highest BCUT2D eigenvalue weighted by Crippen LogP contribution is 1.97. The first-order valence-electron chi connectivity index (χ1n) is 5.87. The van der Waals surface area contributed by atoms with Crippen molar-refractivity contribution >= 4 is 5.91 Å². The lowest BCUT2D eigenvalue weighted by molar-refractivity contribution is -0.122. The average molecular weight is 223 g/mol. The Labute approximate surface area is 97.0 Å². The molecule has 4 nitrogen and oxygen atoms in total. The lowest BCUT2D eigenvalue weighted by Gasteiger charge is -2.20. The molecule has 0 saturated heterocycles. The van der Waals surface area contributed by atoms with Gasteiger partial charge in [-0.05, 0) is 31.9 Å². The van der Waals surface area contributed by atoms with Crippen LogP contribution in [0.25, 0.3) is 0 Å². The van der Waals surface area contributed by atoms with E-state index in [2.05, 4.69) is 24.6 Å². The first-order chi connectivity index (χ1) is 7.67. The van der Waals surface area contributed by atoms with Gasteiger partial charge < -0.3 is 10.7 Å². The summed E-state index contributed by atoms with van der Waals surface area (Å²) in [6.07, 6.45) is 5.69. The van der Waals surface area contributed by atoms with Crippen molar-refractivity contribution in [3.8, 4) is 0 Å². The molecule has 0 aliphatic rings. The van der Waals surface area contributed by atoms with Crippen LogP contribution in [0, 0.1) is 0 Å². The van der Waals surface area contributed by atoms with Gasteiger partial charge in [0.05, 0.1) is 0 Å². The Morgan fingerprint density at radius 2 is 1.81 bits per heavy atom. The van der Waals surface area contributed by atoms with Gasteiger partial charge in [0.2, 0.25) is 5.91 Å². The zero-order chi connectivity index (χ0) is 12.0. The number of nitrogens with zero attached hydrogens (tertiary/aromatic N) is 1. The van der Waals surface area contributed by atoms with E-state index in [1.54, 1.807) is 4.68 Å². The smallest absolute Gasteiger partial charge is 0.244 e. The molecular weight excluding hydrogens is 202 g/mol. The van der Waals surface area contributed by atoms with Gasteiger partial charge in [-0.2, -0.15) is 0 Å². The van der Waals surface area contributed by atoms with Crippen molar-refractivity contribution in [2.45, 2.75) is 45.7 Å². The summed E-state index contributed by atoms with van der Waals surface area (Å²) in [6, 6.07) is 3.88. The predicted molar refractivity (Wildman–Crippen MR) is 65.8 cm³/mol. The van der Waals surface area contributed by atoms with Crippen molar-refractivity contribution in [1.82, 2.24) is 9.99 Å². The zero-order valence-corrected chi connectivity index (χ0v) is 10.2. The normalized spacial score (nSPS) is 12.5. The van der Waals surface area contributed by atoms with Gasteiger partial charge in [0.15, 0.2) is 0 Å². The molecular formula is C12H21N3O. The monoisotopic (exact) mass is 223 g/mol. The number of rotatable bonds is 6. The molecule has 1 aromatic rings. The highest BCUT2D eigenvalue weighted by Gasteiger charge is 2.15. The molecule has 0 aliphatic heterocycles. The predicted octanol–water partition coefficient (Wildman–Crippen LogP) is 1.72. The molecule has 1 atom stereocenters. The number of carbonyl (C=O) groups is 1.